The Labute approximate surface area is 137 Å². The molecule has 0 bridgehead atoms. The van der Waals surface area contributed by atoms with Crippen LogP contribution >= 0.6 is 0 Å². The lowest BCUT2D eigenvalue weighted by atomic mass is 9.89. The molecule has 22 heavy (non-hydrogen) atoms. The van der Waals surface area contributed by atoms with Gasteiger partial charge in [-0.05, 0) is 37.5 Å². The highest BCUT2D eigenvalue weighted by atomic mass is 16.3. The first-order chi connectivity index (χ1) is 10.6. The zero-order valence-corrected chi connectivity index (χ0v) is 14.7. The van der Waals surface area contributed by atoms with Gasteiger partial charge in [0.15, 0.2) is 0 Å². The highest BCUT2D eigenvalue weighted by Crippen LogP contribution is 2.36. The van der Waals surface area contributed by atoms with Crippen molar-refractivity contribution in [3.05, 3.63) is 24.3 Å². The lowest BCUT2D eigenvalue weighted by Gasteiger charge is -2.19. The molecule has 0 saturated heterocycles. The van der Waals surface area contributed by atoms with Crippen LogP contribution in [0.3, 0.4) is 0 Å². The Bertz CT molecular complexity index is 335. The van der Waals surface area contributed by atoms with Gasteiger partial charge < -0.3 is 10.2 Å². The number of aliphatic hydroxyl groups is 2. The second kappa shape index (κ2) is 11.0. The molecule has 5 atom stereocenters. The quantitative estimate of drug-likeness (QED) is 0.447. The standard InChI is InChI=1S/C20H36O2/c1-4-6-7-8-9-10-12-17-18(20(22)15-19(17)21)14-13-16(3)11-5-2/h9-10,13-14,16-22H,4-8,11-12,15H2,1-3H3/b10-9+,14-13+. The Hall–Kier alpha value is -0.600. The average molecular weight is 309 g/mol. The summed E-state index contributed by atoms with van der Waals surface area (Å²) in [5.41, 5.74) is 0. The summed E-state index contributed by atoms with van der Waals surface area (Å²) in [6.45, 7) is 6.64. The van der Waals surface area contributed by atoms with Crippen LogP contribution in [0.4, 0.5) is 0 Å². The van der Waals surface area contributed by atoms with E-state index < -0.39 is 6.10 Å². The summed E-state index contributed by atoms with van der Waals surface area (Å²) in [4.78, 5) is 0. The van der Waals surface area contributed by atoms with Crippen molar-refractivity contribution in [3.63, 3.8) is 0 Å². The molecule has 2 nitrogen and oxygen atoms in total. The molecule has 0 aromatic carbocycles. The Morgan fingerprint density at radius 3 is 2.50 bits per heavy atom. The lowest BCUT2D eigenvalue weighted by molar-refractivity contribution is 0.120. The van der Waals surface area contributed by atoms with Crippen LogP contribution in [0.1, 0.15) is 72.1 Å². The molecule has 1 rings (SSSR count). The number of aliphatic hydroxyl groups excluding tert-OH is 2. The molecule has 0 heterocycles. The van der Waals surface area contributed by atoms with E-state index in [-0.39, 0.29) is 17.9 Å². The number of unbranched alkanes of at least 4 members (excludes halogenated alkanes) is 3. The van der Waals surface area contributed by atoms with E-state index in [2.05, 4.69) is 45.1 Å². The topological polar surface area (TPSA) is 40.5 Å². The molecule has 0 aliphatic heterocycles. The fourth-order valence-corrected chi connectivity index (χ4v) is 3.46. The predicted molar refractivity (Wildman–Crippen MR) is 94.7 cm³/mol. The predicted octanol–water partition coefficient (Wildman–Crippen LogP) is 4.86. The van der Waals surface area contributed by atoms with Crippen molar-refractivity contribution in [2.75, 3.05) is 0 Å². The number of hydrogen-bond donors (Lipinski definition) is 2. The molecule has 128 valence electrons. The minimum Gasteiger partial charge on any atom is -0.393 e. The Kier molecular flexibility index (Phi) is 9.74. The fourth-order valence-electron chi connectivity index (χ4n) is 3.46. The summed E-state index contributed by atoms with van der Waals surface area (Å²) < 4.78 is 0. The molecule has 2 heteroatoms. The smallest absolute Gasteiger partial charge is 0.0631 e. The fraction of sp³-hybridized carbons (Fsp3) is 0.800. The van der Waals surface area contributed by atoms with Gasteiger partial charge in [0.1, 0.15) is 0 Å². The molecular formula is C20H36O2. The second-order valence-electron chi connectivity index (χ2n) is 6.97. The van der Waals surface area contributed by atoms with Gasteiger partial charge in [-0.15, -0.1) is 0 Å². The first kappa shape index (κ1) is 19.4. The van der Waals surface area contributed by atoms with Gasteiger partial charge in [0, 0.05) is 12.3 Å². The van der Waals surface area contributed by atoms with Crippen molar-refractivity contribution < 1.29 is 10.2 Å². The second-order valence-corrected chi connectivity index (χ2v) is 6.97. The van der Waals surface area contributed by atoms with E-state index in [1.54, 1.807) is 0 Å². The normalized spacial score (nSPS) is 30.6. The number of allylic oxidation sites excluding steroid dienone is 3. The van der Waals surface area contributed by atoms with Gasteiger partial charge in [0.05, 0.1) is 12.2 Å². The summed E-state index contributed by atoms with van der Waals surface area (Å²) in [6.07, 6.45) is 16.8. The molecule has 1 aliphatic carbocycles. The van der Waals surface area contributed by atoms with Gasteiger partial charge in [-0.3, -0.25) is 0 Å². The third-order valence-corrected chi connectivity index (χ3v) is 4.87. The van der Waals surface area contributed by atoms with Crippen LogP contribution in [0.2, 0.25) is 0 Å². The van der Waals surface area contributed by atoms with Crippen molar-refractivity contribution >= 4 is 0 Å². The zero-order valence-electron chi connectivity index (χ0n) is 14.7. The third kappa shape index (κ3) is 6.66. The first-order valence-corrected chi connectivity index (χ1v) is 9.29. The summed E-state index contributed by atoms with van der Waals surface area (Å²) in [5, 5.41) is 20.4. The van der Waals surface area contributed by atoms with Crippen LogP contribution in [0.5, 0.6) is 0 Å². The van der Waals surface area contributed by atoms with E-state index in [1.165, 1.54) is 32.1 Å². The minimum atomic E-state index is -0.390. The van der Waals surface area contributed by atoms with Gasteiger partial charge in [-0.2, -0.15) is 0 Å². The molecule has 0 amide bonds. The molecule has 2 N–H and O–H groups in total. The van der Waals surface area contributed by atoms with Crippen LogP contribution in [0.25, 0.3) is 0 Å². The van der Waals surface area contributed by atoms with E-state index in [0.717, 1.165) is 12.8 Å². The highest BCUT2D eigenvalue weighted by Gasteiger charge is 2.39. The molecule has 0 aromatic heterocycles. The SMILES string of the molecule is CCCCC/C=C/CC1C(O)CC(O)C1/C=C/C(C)CCC. The average Bonchev–Trinajstić information content (AvgIpc) is 2.75. The Morgan fingerprint density at radius 2 is 1.82 bits per heavy atom. The van der Waals surface area contributed by atoms with E-state index in [9.17, 15) is 10.2 Å². The van der Waals surface area contributed by atoms with Crippen molar-refractivity contribution in [1.29, 1.82) is 0 Å². The van der Waals surface area contributed by atoms with Crippen molar-refractivity contribution in [1.82, 2.24) is 0 Å². The van der Waals surface area contributed by atoms with Crippen LogP contribution in [0.15, 0.2) is 24.3 Å². The first-order valence-electron chi connectivity index (χ1n) is 9.29. The van der Waals surface area contributed by atoms with E-state index in [0.29, 0.717) is 12.3 Å². The zero-order chi connectivity index (χ0) is 16.4. The van der Waals surface area contributed by atoms with E-state index >= 15 is 0 Å². The monoisotopic (exact) mass is 308 g/mol. The maximum absolute atomic E-state index is 10.2. The maximum Gasteiger partial charge on any atom is 0.0631 e. The van der Waals surface area contributed by atoms with Crippen molar-refractivity contribution in [2.45, 2.75) is 84.3 Å². The molecule has 1 aliphatic rings. The molecular weight excluding hydrogens is 272 g/mol. The largest absolute Gasteiger partial charge is 0.393 e. The summed E-state index contributed by atoms with van der Waals surface area (Å²) in [5.74, 6) is 0.831. The van der Waals surface area contributed by atoms with Crippen LogP contribution < -0.4 is 0 Å². The Morgan fingerprint density at radius 1 is 1.05 bits per heavy atom. The lowest BCUT2D eigenvalue weighted by Crippen LogP contribution is -2.20. The molecule has 5 unspecified atom stereocenters. The van der Waals surface area contributed by atoms with Gasteiger partial charge in [-0.25, -0.2) is 0 Å². The van der Waals surface area contributed by atoms with Crippen LogP contribution in [-0.2, 0) is 0 Å². The van der Waals surface area contributed by atoms with Crippen LogP contribution in [-0.4, -0.2) is 22.4 Å². The third-order valence-electron chi connectivity index (χ3n) is 4.87. The van der Waals surface area contributed by atoms with E-state index in [4.69, 9.17) is 0 Å². The molecule has 0 aromatic rings. The molecule has 1 saturated carbocycles. The van der Waals surface area contributed by atoms with Gasteiger partial charge >= 0.3 is 0 Å². The van der Waals surface area contributed by atoms with E-state index in [1.807, 2.05) is 0 Å². The number of hydrogen-bond acceptors (Lipinski definition) is 2. The molecule has 0 spiro atoms. The highest BCUT2D eigenvalue weighted by molar-refractivity contribution is 5.05. The Balaban J connectivity index is 2.50. The summed E-state index contributed by atoms with van der Waals surface area (Å²) in [6, 6.07) is 0. The maximum atomic E-state index is 10.2. The number of rotatable bonds is 10. The minimum absolute atomic E-state index is 0.106. The molecule has 0 radical (unpaired) electrons. The van der Waals surface area contributed by atoms with Gasteiger partial charge in [0.25, 0.3) is 0 Å². The van der Waals surface area contributed by atoms with Crippen molar-refractivity contribution in [2.24, 2.45) is 17.8 Å². The van der Waals surface area contributed by atoms with Gasteiger partial charge in [0.2, 0.25) is 0 Å². The summed E-state index contributed by atoms with van der Waals surface area (Å²) in [7, 11) is 0. The van der Waals surface area contributed by atoms with Crippen LogP contribution in [0, 0.1) is 17.8 Å². The van der Waals surface area contributed by atoms with Crippen molar-refractivity contribution in [3.8, 4) is 0 Å². The van der Waals surface area contributed by atoms with Gasteiger partial charge in [-0.1, -0.05) is 64.3 Å². The molecule has 1 fully saturated rings. The summed E-state index contributed by atoms with van der Waals surface area (Å²) >= 11 is 0.